The smallest absolute Gasteiger partial charge is 0.335 e. The highest BCUT2D eigenvalue weighted by Gasteiger charge is 2.16. The standard InChI is InChI=1S/C11H12O5/c12-11(13)8-2-1-3-9(6-8)16-7-10-14-4-5-15-10/h1-3,6,10H,4-5,7H2,(H,12,13). The zero-order valence-electron chi connectivity index (χ0n) is 8.59. The van der Waals surface area contributed by atoms with E-state index in [0.717, 1.165) is 0 Å². The first kappa shape index (κ1) is 10.9. The van der Waals surface area contributed by atoms with Crippen LogP contribution >= 0.6 is 0 Å². The van der Waals surface area contributed by atoms with Gasteiger partial charge in [0, 0.05) is 0 Å². The fourth-order valence-electron chi connectivity index (χ4n) is 1.39. The van der Waals surface area contributed by atoms with Crippen molar-refractivity contribution in [3.05, 3.63) is 29.8 Å². The first-order valence-corrected chi connectivity index (χ1v) is 4.95. The fourth-order valence-corrected chi connectivity index (χ4v) is 1.39. The molecular formula is C11H12O5. The van der Waals surface area contributed by atoms with E-state index < -0.39 is 5.97 Å². The van der Waals surface area contributed by atoms with Crippen molar-refractivity contribution in [1.29, 1.82) is 0 Å². The minimum Gasteiger partial charge on any atom is -0.488 e. The molecule has 1 saturated heterocycles. The Morgan fingerprint density at radius 1 is 1.44 bits per heavy atom. The largest absolute Gasteiger partial charge is 0.488 e. The normalized spacial score (nSPS) is 16.2. The molecule has 1 fully saturated rings. The molecule has 0 unspecified atom stereocenters. The van der Waals surface area contributed by atoms with E-state index in [1.807, 2.05) is 0 Å². The minimum atomic E-state index is -0.973. The molecule has 1 N–H and O–H groups in total. The molecule has 0 amide bonds. The van der Waals surface area contributed by atoms with E-state index in [9.17, 15) is 4.79 Å². The minimum absolute atomic E-state index is 0.200. The fraction of sp³-hybridized carbons (Fsp3) is 0.364. The summed E-state index contributed by atoms with van der Waals surface area (Å²) < 4.78 is 15.7. The molecule has 0 aromatic heterocycles. The van der Waals surface area contributed by atoms with Gasteiger partial charge in [0.2, 0.25) is 0 Å². The summed E-state index contributed by atoms with van der Waals surface area (Å²) in [6.07, 6.45) is -0.353. The summed E-state index contributed by atoms with van der Waals surface area (Å²) in [6, 6.07) is 6.31. The zero-order chi connectivity index (χ0) is 11.4. The van der Waals surface area contributed by atoms with Gasteiger partial charge < -0.3 is 19.3 Å². The maximum Gasteiger partial charge on any atom is 0.335 e. The van der Waals surface area contributed by atoms with Gasteiger partial charge in [-0.3, -0.25) is 0 Å². The highest BCUT2D eigenvalue weighted by molar-refractivity contribution is 5.87. The Morgan fingerprint density at radius 2 is 2.19 bits per heavy atom. The number of aromatic carboxylic acids is 1. The molecule has 0 bridgehead atoms. The van der Waals surface area contributed by atoms with Gasteiger partial charge in [0.25, 0.3) is 0 Å². The van der Waals surface area contributed by atoms with Gasteiger partial charge in [-0.25, -0.2) is 4.79 Å². The van der Waals surface area contributed by atoms with Crippen molar-refractivity contribution in [3.8, 4) is 5.75 Å². The van der Waals surface area contributed by atoms with Crippen molar-refractivity contribution < 1.29 is 24.1 Å². The summed E-state index contributed by atoms with van der Waals surface area (Å²) in [5.74, 6) is -0.474. The second-order valence-corrected chi connectivity index (χ2v) is 3.32. The predicted octanol–water partition coefficient (Wildman–Crippen LogP) is 1.14. The Kier molecular flexibility index (Phi) is 3.38. The summed E-state index contributed by atoms with van der Waals surface area (Å²) in [5, 5.41) is 8.78. The van der Waals surface area contributed by atoms with Gasteiger partial charge >= 0.3 is 5.97 Å². The van der Waals surface area contributed by atoms with E-state index in [2.05, 4.69) is 0 Å². The topological polar surface area (TPSA) is 65.0 Å². The molecule has 0 aliphatic carbocycles. The van der Waals surface area contributed by atoms with E-state index in [1.165, 1.54) is 12.1 Å². The van der Waals surface area contributed by atoms with Gasteiger partial charge in [0.15, 0.2) is 6.29 Å². The molecule has 0 saturated carbocycles. The van der Waals surface area contributed by atoms with Crippen molar-refractivity contribution in [2.75, 3.05) is 19.8 Å². The van der Waals surface area contributed by atoms with Crippen molar-refractivity contribution in [1.82, 2.24) is 0 Å². The van der Waals surface area contributed by atoms with Gasteiger partial charge in [-0.05, 0) is 18.2 Å². The van der Waals surface area contributed by atoms with Crippen molar-refractivity contribution >= 4 is 5.97 Å². The third kappa shape index (κ3) is 2.71. The summed E-state index contributed by atoms with van der Waals surface area (Å²) in [5.41, 5.74) is 0.200. The highest BCUT2D eigenvalue weighted by Crippen LogP contribution is 2.14. The average Bonchev–Trinajstić information content (AvgIpc) is 2.79. The summed E-state index contributed by atoms with van der Waals surface area (Å²) in [6.45, 7) is 1.41. The Labute approximate surface area is 92.5 Å². The lowest BCUT2D eigenvalue weighted by molar-refractivity contribution is -0.0684. The lowest BCUT2D eigenvalue weighted by Crippen LogP contribution is -2.18. The van der Waals surface area contributed by atoms with Gasteiger partial charge in [-0.15, -0.1) is 0 Å². The molecule has 2 rings (SSSR count). The molecule has 0 atom stereocenters. The number of ether oxygens (including phenoxy) is 3. The number of carboxylic acids is 1. The molecule has 5 nitrogen and oxygen atoms in total. The van der Waals surface area contributed by atoms with Crippen LogP contribution in [0.2, 0.25) is 0 Å². The quantitative estimate of drug-likeness (QED) is 0.830. The number of hydrogen-bond donors (Lipinski definition) is 1. The van der Waals surface area contributed by atoms with Crippen molar-refractivity contribution in [2.45, 2.75) is 6.29 Å². The first-order chi connectivity index (χ1) is 7.75. The Morgan fingerprint density at radius 3 is 2.88 bits per heavy atom. The van der Waals surface area contributed by atoms with E-state index in [-0.39, 0.29) is 18.5 Å². The number of rotatable bonds is 4. The Hall–Kier alpha value is -1.59. The lowest BCUT2D eigenvalue weighted by atomic mass is 10.2. The monoisotopic (exact) mass is 224 g/mol. The molecule has 5 heteroatoms. The van der Waals surface area contributed by atoms with Crippen LogP contribution in [0, 0.1) is 0 Å². The number of carboxylic acid groups (broad SMARTS) is 1. The van der Waals surface area contributed by atoms with E-state index in [0.29, 0.717) is 19.0 Å². The van der Waals surface area contributed by atoms with Crippen molar-refractivity contribution in [2.24, 2.45) is 0 Å². The van der Waals surface area contributed by atoms with E-state index in [1.54, 1.807) is 12.1 Å². The summed E-state index contributed by atoms with van der Waals surface area (Å²) >= 11 is 0. The summed E-state index contributed by atoms with van der Waals surface area (Å²) in [7, 11) is 0. The molecule has 1 heterocycles. The second-order valence-electron chi connectivity index (χ2n) is 3.32. The predicted molar refractivity (Wildman–Crippen MR) is 54.6 cm³/mol. The van der Waals surface area contributed by atoms with Crippen LogP contribution in [-0.2, 0) is 9.47 Å². The average molecular weight is 224 g/mol. The van der Waals surface area contributed by atoms with Crippen LogP contribution in [0.1, 0.15) is 10.4 Å². The van der Waals surface area contributed by atoms with Crippen LogP contribution in [0.15, 0.2) is 24.3 Å². The van der Waals surface area contributed by atoms with Crippen LogP contribution in [0.25, 0.3) is 0 Å². The highest BCUT2D eigenvalue weighted by atomic mass is 16.7. The molecule has 1 aliphatic rings. The number of carbonyl (C=O) groups is 1. The SMILES string of the molecule is O=C(O)c1cccc(OCC2OCCO2)c1. The van der Waals surface area contributed by atoms with Gasteiger partial charge in [-0.1, -0.05) is 6.07 Å². The molecule has 0 radical (unpaired) electrons. The molecule has 1 aromatic rings. The Balaban J connectivity index is 1.93. The third-order valence-corrected chi connectivity index (χ3v) is 2.16. The molecule has 0 spiro atoms. The van der Waals surface area contributed by atoms with Gasteiger partial charge in [0.1, 0.15) is 12.4 Å². The number of benzene rings is 1. The second kappa shape index (κ2) is 4.96. The third-order valence-electron chi connectivity index (χ3n) is 2.16. The van der Waals surface area contributed by atoms with Crippen LogP contribution in [0.5, 0.6) is 5.75 Å². The van der Waals surface area contributed by atoms with Crippen LogP contribution in [-0.4, -0.2) is 37.2 Å². The Bertz CT molecular complexity index is 370. The van der Waals surface area contributed by atoms with Gasteiger partial charge in [0.05, 0.1) is 18.8 Å². The van der Waals surface area contributed by atoms with E-state index in [4.69, 9.17) is 19.3 Å². The van der Waals surface area contributed by atoms with Crippen molar-refractivity contribution in [3.63, 3.8) is 0 Å². The molecule has 86 valence electrons. The van der Waals surface area contributed by atoms with Gasteiger partial charge in [-0.2, -0.15) is 0 Å². The lowest BCUT2D eigenvalue weighted by Gasteiger charge is -2.11. The van der Waals surface area contributed by atoms with Crippen LogP contribution < -0.4 is 4.74 Å². The van der Waals surface area contributed by atoms with Crippen LogP contribution in [0.4, 0.5) is 0 Å². The molecule has 1 aromatic carbocycles. The van der Waals surface area contributed by atoms with Crippen LogP contribution in [0.3, 0.4) is 0 Å². The molecular weight excluding hydrogens is 212 g/mol. The van der Waals surface area contributed by atoms with E-state index >= 15 is 0 Å². The maximum absolute atomic E-state index is 10.7. The summed E-state index contributed by atoms with van der Waals surface area (Å²) in [4.78, 5) is 10.7. The molecule has 1 aliphatic heterocycles. The zero-order valence-corrected chi connectivity index (χ0v) is 8.59. The molecule has 16 heavy (non-hydrogen) atoms. The first-order valence-electron chi connectivity index (χ1n) is 4.95. The number of hydrogen-bond acceptors (Lipinski definition) is 4. The maximum atomic E-state index is 10.7.